The highest BCUT2D eigenvalue weighted by Crippen LogP contribution is 2.32. The number of anilines is 1. The third kappa shape index (κ3) is 3.07. The second-order valence-electron chi connectivity index (χ2n) is 5.88. The lowest BCUT2D eigenvalue weighted by Crippen LogP contribution is -2.38. The van der Waals surface area contributed by atoms with Gasteiger partial charge in [-0.25, -0.2) is 9.97 Å². The molecule has 0 amide bonds. The lowest BCUT2D eigenvalue weighted by molar-refractivity contribution is 0.121. The van der Waals surface area contributed by atoms with E-state index in [0.717, 1.165) is 65.4 Å². The van der Waals surface area contributed by atoms with Crippen molar-refractivity contribution in [1.29, 1.82) is 0 Å². The quantitative estimate of drug-likeness (QED) is 0.665. The second kappa shape index (κ2) is 6.97. The van der Waals surface area contributed by atoms with Crippen LogP contribution >= 0.6 is 11.8 Å². The van der Waals surface area contributed by atoms with Crippen LogP contribution in [0, 0.1) is 6.92 Å². The fourth-order valence-electron chi connectivity index (χ4n) is 3.01. The van der Waals surface area contributed by atoms with Crippen LogP contribution in [-0.2, 0) is 11.3 Å². The van der Waals surface area contributed by atoms with Gasteiger partial charge in [0.1, 0.15) is 11.4 Å². The van der Waals surface area contributed by atoms with Gasteiger partial charge >= 0.3 is 0 Å². The maximum absolute atomic E-state index is 5.44. The lowest BCUT2D eigenvalue weighted by Gasteiger charge is -2.27. The van der Waals surface area contributed by atoms with Crippen molar-refractivity contribution >= 4 is 28.6 Å². The van der Waals surface area contributed by atoms with Crippen LogP contribution < -0.4 is 4.90 Å². The largest absolute Gasteiger partial charge is 0.378 e. The Labute approximate surface area is 150 Å². The molecular weight excluding hydrogens is 336 g/mol. The average molecular weight is 356 g/mol. The van der Waals surface area contributed by atoms with E-state index >= 15 is 0 Å². The van der Waals surface area contributed by atoms with Gasteiger partial charge in [0.15, 0.2) is 5.16 Å². The van der Waals surface area contributed by atoms with E-state index in [1.165, 1.54) is 0 Å². The molecule has 3 heterocycles. The molecule has 0 bridgehead atoms. The molecular formula is C17H20N6OS. The Kier molecular flexibility index (Phi) is 4.54. The van der Waals surface area contributed by atoms with E-state index in [0.29, 0.717) is 0 Å². The molecule has 1 fully saturated rings. The zero-order chi connectivity index (χ0) is 17.2. The molecule has 1 aromatic carbocycles. The van der Waals surface area contributed by atoms with Gasteiger partial charge in [0.25, 0.3) is 0 Å². The number of morpholine rings is 1. The number of aromatic nitrogens is 5. The van der Waals surface area contributed by atoms with E-state index in [4.69, 9.17) is 4.74 Å². The summed E-state index contributed by atoms with van der Waals surface area (Å²) in [6.45, 7) is 8.14. The summed E-state index contributed by atoms with van der Waals surface area (Å²) in [6.07, 6.45) is 1.62. The predicted molar refractivity (Wildman–Crippen MR) is 97.1 cm³/mol. The van der Waals surface area contributed by atoms with Gasteiger partial charge in [-0.2, -0.15) is 0 Å². The first-order chi connectivity index (χ1) is 12.3. The molecule has 0 N–H and O–H groups in total. The number of benzene rings is 1. The standard InChI is InChI=1S/C17H20N6OS/c1-3-23-16(22-7-9-24-10-8-22)20-21-17(23)25-15-13-6-4-5-12(2)14(13)18-11-19-15/h4-6,11H,3,7-10H2,1-2H3. The smallest absolute Gasteiger partial charge is 0.228 e. The Hall–Kier alpha value is -2.19. The number of hydrogen-bond acceptors (Lipinski definition) is 7. The number of aryl methyl sites for hydroxylation is 1. The van der Waals surface area contributed by atoms with Crippen LogP contribution in [0.3, 0.4) is 0 Å². The lowest BCUT2D eigenvalue weighted by atomic mass is 10.1. The number of rotatable bonds is 4. The molecule has 0 unspecified atom stereocenters. The zero-order valence-corrected chi connectivity index (χ0v) is 15.2. The Bertz CT molecular complexity index is 890. The molecule has 25 heavy (non-hydrogen) atoms. The minimum atomic E-state index is 0.731. The molecule has 0 saturated carbocycles. The topological polar surface area (TPSA) is 69.0 Å². The summed E-state index contributed by atoms with van der Waals surface area (Å²) >= 11 is 1.54. The third-order valence-electron chi connectivity index (χ3n) is 4.33. The number of para-hydroxylation sites is 1. The van der Waals surface area contributed by atoms with Crippen molar-refractivity contribution in [1.82, 2.24) is 24.7 Å². The molecule has 4 rings (SSSR count). The molecule has 3 aromatic rings. The molecule has 8 heteroatoms. The second-order valence-corrected chi connectivity index (χ2v) is 6.83. The average Bonchev–Trinajstić information content (AvgIpc) is 3.06. The Balaban J connectivity index is 1.70. The first-order valence-corrected chi connectivity index (χ1v) is 9.23. The minimum Gasteiger partial charge on any atom is -0.378 e. The molecule has 0 atom stereocenters. The molecule has 1 aliphatic rings. The molecule has 0 spiro atoms. The van der Waals surface area contributed by atoms with E-state index in [9.17, 15) is 0 Å². The van der Waals surface area contributed by atoms with E-state index in [1.54, 1.807) is 18.1 Å². The summed E-state index contributed by atoms with van der Waals surface area (Å²) in [5.41, 5.74) is 2.13. The van der Waals surface area contributed by atoms with Crippen molar-refractivity contribution in [3.63, 3.8) is 0 Å². The summed E-state index contributed by atoms with van der Waals surface area (Å²) in [7, 11) is 0. The van der Waals surface area contributed by atoms with Crippen LogP contribution in [-0.4, -0.2) is 51.0 Å². The predicted octanol–water partition coefficient (Wildman–Crippen LogP) is 2.54. The summed E-state index contributed by atoms with van der Waals surface area (Å²) in [5.74, 6) is 0.905. The zero-order valence-electron chi connectivity index (χ0n) is 14.3. The summed E-state index contributed by atoms with van der Waals surface area (Å²) in [6, 6.07) is 6.16. The van der Waals surface area contributed by atoms with Gasteiger partial charge in [-0.3, -0.25) is 4.57 Å². The van der Waals surface area contributed by atoms with Crippen molar-refractivity contribution in [2.24, 2.45) is 0 Å². The van der Waals surface area contributed by atoms with Gasteiger partial charge in [-0.05, 0) is 31.2 Å². The Morgan fingerprint density at radius 2 is 2.00 bits per heavy atom. The van der Waals surface area contributed by atoms with E-state index < -0.39 is 0 Å². The Morgan fingerprint density at radius 1 is 1.16 bits per heavy atom. The van der Waals surface area contributed by atoms with Gasteiger partial charge < -0.3 is 9.64 Å². The van der Waals surface area contributed by atoms with Gasteiger partial charge in [-0.1, -0.05) is 18.2 Å². The molecule has 1 aliphatic heterocycles. The summed E-state index contributed by atoms with van der Waals surface area (Å²) < 4.78 is 7.57. The van der Waals surface area contributed by atoms with Gasteiger partial charge in [0, 0.05) is 25.0 Å². The van der Waals surface area contributed by atoms with Gasteiger partial charge in [0.05, 0.1) is 18.7 Å². The highest BCUT2D eigenvalue weighted by atomic mass is 32.2. The highest BCUT2D eigenvalue weighted by molar-refractivity contribution is 7.99. The maximum atomic E-state index is 5.44. The number of hydrogen-bond donors (Lipinski definition) is 0. The normalized spacial score (nSPS) is 15.0. The first-order valence-electron chi connectivity index (χ1n) is 8.42. The van der Waals surface area contributed by atoms with Crippen LogP contribution in [0.4, 0.5) is 5.95 Å². The SMILES string of the molecule is CCn1c(Sc2ncnc3c(C)cccc23)nnc1N1CCOCC1. The highest BCUT2D eigenvalue weighted by Gasteiger charge is 2.21. The first kappa shape index (κ1) is 16.3. The van der Waals surface area contributed by atoms with Crippen molar-refractivity contribution in [2.75, 3.05) is 31.2 Å². The minimum absolute atomic E-state index is 0.731. The summed E-state index contributed by atoms with van der Waals surface area (Å²) in [4.78, 5) is 11.1. The van der Waals surface area contributed by atoms with Crippen molar-refractivity contribution in [3.05, 3.63) is 30.1 Å². The maximum Gasteiger partial charge on any atom is 0.228 e. The van der Waals surface area contributed by atoms with Crippen LogP contribution in [0.1, 0.15) is 12.5 Å². The van der Waals surface area contributed by atoms with Crippen LogP contribution in [0.25, 0.3) is 10.9 Å². The molecule has 1 saturated heterocycles. The molecule has 7 nitrogen and oxygen atoms in total. The van der Waals surface area contributed by atoms with Crippen molar-refractivity contribution in [2.45, 2.75) is 30.6 Å². The van der Waals surface area contributed by atoms with E-state index in [1.807, 2.05) is 6.07 Å². The van der Waals surface area contributed by atoms with Gasteiger partial charge in [-0.15, -0.1) is 10.2 Å². The third-order valence-corrected chi connectivity index (χ3v) is 5.33. The van der Waals surface area contributed by atoms with E-state index in [-0.39, 0.29) is 0 Å². The van der Waals surface area contributed by atoms with E-state index in [2.05, 4.69) is 55.6 Å². The Morgan fingerprint density at radius 3 is 2.80 bits per heavy atom. The molecule has 130 valence electrons. The van der Waals surface area contributed by atoms with Gasteiger partial charge in [0.2, 0.25) is 5.95 Å². The van der Waals surface area contributed by atoms with Crippen LogP contribution in [0.5, 0.6) is 0 Å². The summed E-state index contributed by atoms with van der Waals surface area (Å²) in [5, 5.41) is 11.6. The van der Waals surface area contributed by atoms with Crippen molar-refractivity contribution < 1.29 is 4.74 Å². The molecule has 2 aromatic heterocycles. The molecule has 0 radical (unpaired) electrons. The fourth-order valence-corrected chi connectivity index (χ4v) is 3.96. The number of fused-ring (bicyclic) bond motifs is 1. The van der Waals surface area contributed by atoms with Crippen LogP contribution in [0.2, 0.25) is 0 Å². The number of nitrogens with zero attached hydrogens (tertiary/aromatic N) is 6. The fraction of sp³-hybridized carbons (Fsp3) is 0.412. The number of ether oxygens (including phenoxy) is 1. The van der Waals surface area contributed by atoms with Crippen LogP contribution in [0.15, 0.2) is 34.7 Å². The van der Waals surface area contributed by atoms with Crippen molar-refractivity contribution in [3.8, 4) is 0 Å². The monoisotopic (exact) mass is 356 g/mol. The molecule has 0 aliphatic carbocycles.